The van der Waals surface area contributed by atoms with Gasteiger partial charge in [0.2, 0.25) is 0 Å². The van der Waals surface area contributed by atoms with E-state index >= 15 is 0 Å². The number of carbonyl (C=O) groups is 1. The maximum Gasteiger partial charge on any atom is 0.326 e. The molecule has 3 nitrogen and oxygen atoms in total. The first kappa shape index (κ1) is 14.7. The highest BCUT2D eigenvalue weighted by Crippen LogP contribution is 2.31. The van der Waals surface area contributed by atoms with Gasteiger partial charge in [-0.15, -0.1) is 0 Å². The van der Waals surface area contributed by atoms with Crippen LogP contribution in [0.15, 0.2) is 30.3 Å². The van der Waals surface area contributed by atoms with Gasteiger partial charge in [-0.1, -0.05) is 57.0 Å². The molecule has 0 radical (unpaired) electrons. The molecule has 0 saturated carbocycles. The van der Waals surface area contributed by atoms with E-state index in [1.54, 1.807) is 0 Å². The fourth-order valence-corrected chi connectivity index (χ4v) is 2.19. The average Bonchev–Trinajstić information content (AvgIpc) is 2.43. The Hall–Kier alpha value is -1.35. The van der Waals surface area contributed by atoms with Crippen LogP contribution in [0.2, 0.25) is 0 Å². The SMILES string of the molecule is CCCCC(N)(C(=O)OC)C(C)c1ccccc1. The zero-order valence-corrected chi connectivity index (χ0v) is 11.5. The molecule has 0 aliphatic heterocycles. The third-order valence-corrected chi connectivity index (χ3v) is 3.58. The Morgan fingerprint density at radius 3 is 2.50 bits per heavy atom. The van der Waals surface area contributed by atoms with Crippen LogP contribution in [-0.2, 0) is 9.53 Å². The number of methoxy groups -OCH3 is 1. The Morgan fingerprint density at radius 2 is 2.00 bits per heavy atom. The minimum atomic E-state index is -0.938. The van der Waals surface area contributed by atoms with Crippen LogP contribution in [-0.4, -0.2) is 18.6 Å². The van der Waals surface area contributed by atoms with E-state index in [-0.39, 0.29) is 11.9 Å². The van der Waals surface area contributed by atoms with Crippen molar-refractivity contribution in [3.8, 4) is 0 Å². The summed E-state index contributed by atoms with van der Waals surface area (Å²) in [5, 5.41) is 0. The van der Waals surface area contributed by atoms with Crippen molar-refractivity contribution in [2.45, 2.75) is 44.6 Å². The molecule has 0 fully saturated rings. The number of rotatable bonds is 6. The van der Waals surface area contributed by atoms with Crippen molar-refractivity contribution in [3.63, 3.8) is 0 Å². The highest BCUT2D eigenvalue weighted by molar-refractivity contribution is 5.82. The molecule has 0 saturated heterocycles. The van der Waals surface area contributed by atoms with Crippen LogP contribution in [0.5, 0.6) is 0 Å². The topological polar surface area (TPSA) is 52.3 Å². The molecule has 1 aromatic rings. The van der Waals surface area contributed by atoms with Crippen molar-refractivity contribution in [2.24, 2.45) is 5.73 Å². The molecule has 0 heterocycles. The third-order valence-electron chi connectivity index (χ3n) is 3.58. The van der Waals surface area contributed by atoms with E-state index in [1.165, 1.54) is 7.11 Å². The van der Waals surface area contributed by atoms with Gasteiger partial charge >= 0.3 is 5.97 Å². The van der Waals surface area contributed by atoms with Gasteiger partial charge in [0, 0.05) is 5.92 Å². The maximum absolute atomic E-state index is 12.0. The number of carbonyl (C=O) groups excluding carboxylic acids is 1. The lowest BCUT2D eigenvalue weighted by Gasteiger charge is -2.33. The number of hydrogen-bond donors (Lipinski definition) is 1. The standard InChI is InChI=1S/C15H23NO2/c1-4-5-11-15(16,14(17)18-3)12(2)13-9-7-6-8-10-13/h6-10,12H,4-5,11,16H2,1-3H3. The molecule has 2 atom stereocenters. The number of unbranched alkanes of at least 4 members (excludes halogenated alkanes) is 1. The summed E-state index contributed by atoms with van der Waals surface area (Å²) in [6.45, 7) is 4.08. The van der Waals surface area contributed by atoms with Crippen molar-refractivity contribution in [1.29, 1.82) is 0 Å². The van der Waals surface area contributed by atoms with E-state index in [0.717, 1.165) is 18.4 Å². The molecular formula is C15H23NO2. The fourth-order valence-electron chi connectivity index (χ4n) is 2.19. The van der Waals surface area contributed by atoms with Gasteiger partial charge in [-0.3, -0.25) is 4.79 Å². The molecule has 100 valence electrons. The highest BCUT2D eigenvalue weighted by Gasteiger charge is 2.40. The van der Waals surface area contributed by atoms with Crippen LogP contribution in [0.3, 0.4) is 0 Å². The van der Waals surface area contributed by atoms with E-state index in [2.05, 4.69) is 6.92 Å². The Labute approximate surface area is 109 Å². The maximum atomic E-state index is 12.0. The molecular weight excluding hydrogens is 226 g/mol. The fraction of sp³-hybridized carbons (Fsp3) is 0.533. The smallest absolute Gasteiger partial charge is 0.326 e. The van der Waals surface area contributed by atoms with Crippen LogP contribution in [0.4, 0.5) is 0 Å². The second-order valence-corrected chi connectivity index (χ2v) is 4.77. The van der Waals surface area contributed by atoms with Gasteiger partial charge < -0.3 is 10.5 Å². The van der Waals surface area contributed by atoms with Crippen LogP contribution in [0.25, 0.3) is 0 Å². The Balaban J connectivity index is 2.99. The summed E-state index contributed by atoms with van der Waals surface area (Å²) >= 11 is 0. The Kier molecular flexibility index (Phi) is 5.35. The van der Waals surface area contributed by atoms with E-state index in [1.807, 2.05) is 37.3 Å². The molecule has 0 bridgehead atoms. The zero-order valence-electron chi connectivity index (χ0n) is 11.5. The molecule has 0 spiro atoms. The van der Waals surface area contributed by atoms with Crippen LogP contribution >= 0.6 is 0 Å². The number of hydrogen-bond acceptors (Lipinski definition) is 3. The first-order chi connectivity index (χ1) is 8.56. The summed E-state index contributed by atoms with van der Waals surface area (Å²) in [7, 11) is 1.40. The largest absolute Gasteiger partial charge is 0.468 e. The number of ether oxygens (including phenoxy) is 1. The van der Waals surface area contributed by atoms with E-state index < -0.39 is 5.54 Å². The molecule has 2 unspecified atom stereocenters. The number of nitrogens with two attached hydrogens (primary N) is 1. The van der Waals surface area contributed by atoms with Crippen molar-refractivity contribution >= 4 is 5.97 Å². The lowest BCUT2D eigenvalue weighted by molar-refractivity contribution is -0.148. The molecule has 0 amide bonds. The number of benzene rings is 1. The minimum absolute atomic E-state index is 0.0577. The predicted octanol–water partition coefficient (Wildman–Crippen LogP) is 2.85. The predicted molar refractivity (Wildman–Crippen MR) is 73.3 cm³/mol. The molecule has 0 aromatic heterocycles. The summed E-state index contributed by atoms with van der Waals surface area (Å²) in [5.74, 6) is -0.384. The van der Waals surface area contributed by atoms with Crippen molar-refractivity contribution in [1.82, 2.24) is 0 Å². The first-order valence-corrected chi connectivity index (χ1v) is 6.48. The van der Waals surface area contributed by atoms with Crippen molar-refractivity contribution in [3.05, 3.63) is 35.9 Å². The molecule has 1 aromatic carbocycles. The lowest BCUT2D eigenvalue weighted by atomic mass is 9.78. The summed E-state index contributed by atoms with van der Waals surface area (Å²) < 4.78 is 4.89. The van der Waals surface area contributed by atoms with Gasteiger partial charge in [0.1, 0.15) is 5.54 Å². The lowest BCUT2D eigenvalue weighted by Crippen LogP contribution is -2.52. The first-order valence-electron chi connectivity index (χ1n) is 6.48. The minimum Gasteiger partial charge on any atom is -0.468 e. The monoisotopic (exact) mass is 249 g/mol. The van der Waals surface area contributed by atoms with Gasteiger partial charge in [-0.2, -0.15) is 0 Å². The van der Waals surface area contributed by atoms with Gasteiger partial charge in [-0.05, 0) is 12.0 Å². The summed E-state index contributed by atoms with van der Waals surface area (Å²) in [5.41, 5.74) is 6.47. The normalized spacial score (nSPS) is 15.8. The summed E-state index contributed by atoms with van der Waals surface area (Å²) in [4.78, 5) is 12.0. The molecule has 3 heteroatoms. The van der Waals surface area contributed by atoms with Crippen molar-refractivity contribution in [2.75, 3.05) is 7.11 Å². The second kappa shape index (κ2) is 6.55. The Morgan fingerprint density at radius 1 is 1.39 bits per heavy atom. The molecule has 1 rings (SSSR count). The van der Waals surface area contributed by atoms with E-state index in [4.69, 9.17) is 10.5 Å². The average molecular weight is 249 g/mol. The second-order valence-electron chi connectivity index (χ2n) is 4.77. The van der Waals surface area contributed by atoms with E-state index in [0.29, 0.717) is 6.42 Å². The van der Waals surface area contributed by atoms with E-state index in [9.17, 15) is 4.79 Å². The van der Waals surface area contributed by atoms with Crippen LogP contribution < -0.4 is 5.73 Å². The molecule has 0 aliphatic rings. The third kappa shape index (κ3) is 3.10. The van der Waals surface area contributed by atoms with Gasteiger partial charge in [0.25, 0.3) is 0 Å². The Bertz CT molecular complexity index is 377. The quantitative estimate of drug-likeness (QED) is 0.789. The highest BCUT2D eigenvalue weighted by atomic mass is 16.5. The molecule has 0 aliphatic carbocycles. The van der Waals surface area contributed by atoms with Gasteiger partial charge in [0.15, 0.2) is 0 Å². The van der Waals surface area contributed by atoms with Crippen LogP contribution in [0.1, 0.15) is 44.6 Å². The van der Waals surface area contributed by atoms with Gasteiger partial charge in [0.05, 0.1) is 7.11 Å². The van der Waals surface area contributed by atoms with Crippen LogP contribution in [0, 0.1) is 0 Å². The van der Waals surface area contributed by atoms with Gasteiger partial charge in [-0.25, -0.2) is 0 Å². The number of esters is 1. The zero-order chi connectivity index (χ0) is 13.6. The van der Waals surface area contributed by atoms with Crippen molar-refractivity contribution < 1.29 is 9.53 Å². The summed E-state index contributed by atoms with van der Waals surface area (Å²) in [6, 6.07) is 9.88. The molecule has 2 N–H and O–H groups in total. The summed E-state index contributed by atoms with van der Waals surface area (Å²) in [6.07, 6.45) is 2.58. The molecule has 18 heavy (non-hydrogen) atoms.